The normalized spacial score (nSPS) is 16.8. The van der Waals surface area contributed by atoms with Crippen LogP contribution in [0, 0.1) is 5.92 Å². The molecule has 2 atom stereocenters. The maximum Gasteiger partial charge on any atom is 0.0512 e. The number of rotatable bonds is 5. The topological polar surface area (TPSA) is 20.2 Å². The summed E-state index contributed by atoms with van der Waals surface area (Å²) in [6.07, 6.45) is 4.58. The number of hydrogen-bond donors (Lipinski definition) is 1. The summed E-state index contributed by atoms with van der Waals surface area (Å²) in [7, 11) is 0. The molecule has 0 rings (SSSR count). The van der Waals surface area contributed by atoms with E-state index in [2.05, 4.69) is 13.8 Å². The summed E-state index contributed by atoms with van der Waals surface area (Å²) in [6, 6.07) is 0. The number of aliphatic hydroxyl groups is 1. The quantitative estimate of drug-likeness (QED) is 0.628. The second-order valence-electron chi connectivity index (χ2n) is 3.32. The smallest absolute Gasteiger partial charge is 0.0512 e. The van der Waals surface area contributed by atoms with Crippen LogP contribution >= 0.6 is 0 Å². The molecule has 10 heavy (non-hydrogen) atoms. The summed E-state index contributed by atoms with van der Waals surface area (Å²) in [4.78, 5) is 0. The molecule has 2 unspecified atom stereocenters. The lowest BCUT2D eigenvalue weighted by Crippen LogP contribution is -2.03. The van der Waals surface area contributed by atoms with Crippen molar-refractivity contribution in [1.29, 1.82) is 0 Å². The summed E-state index contributed by atoms with van der Waals surface area (Å²) >= 11 is 0. The average molecular weight is 144 g/mol. The van der Waals surface area contributed by atoms with Gasteiger partial charge in [-0.05, 0) is 25.7 Å². The Morgan fingerprint density at radius 1 is 1.10 bits per heavy atom. The van der Waals surface area contributed by atoms with Crippen LogP contribution in [0.25, 0.3) is 0 Å². The van der Waals surface area contributed by atoms with E-state index in [0.29, 0.717) is 0 Å². The van der Waals surface area contributed by atoms with Crippen LogP contribution in [0.2, 0.25) is 0 Å². The van der Waals surface area contributed by atoms with Gasteiger partial charge in [0.25, 0.3) is 0 Å². The van der Waals surface area contributed by atoms with Crippen LogP contribution in [-0.4, -0.2) is 11.2 Å². The molecule has 0 spiro atoms. The Morgan fingerprint density at radius 2 is 1.70 bits per heavy atom. The maximum atomic E-state index is 8.97. The van der Waals surface area contributed by atoms with Gasteiger partial charge < -0.3 is 5.11 Å². The van der Waals surface area contributed by atoms with Gasteiger partial charge in [0.2, 0.25) is 0 Å². The van der Waals surface area contributed by atoms with E-state index < -0.39 is 0 Å². The SMILES string of the molecule is CCCC(C)CCC(C)O. The van der Waals surface area contributed by atoms with Crippen LogP contribution in [0.3, 0.4) is 0 Å². The van der Waals surface area contributed by atoms with E-state index in [1.54, 1.807) is 0 Å². The van der Waals surface area contributed by atoms with Gasteiger partial charge in [-0.3, -0.25) is 0 Å². The monoisotopic (exact) mass is 144 g/mol. The minimum atomic E-state index is -0.112. The number of hydrogen-bond acceptors (Lipinski definition) is 1. The Morgan fingerprint density at radius 3 is 2.10 bits per heavy atom. The van der Waals surface area contributed by atoms with Crippen molar-refractivity contribution in [3.05, 3.63) is 0 Å². The van der Waals surface area contributed by atoms with Crippen molar-refractivity contribution in [2.75, 3.05) is 0 Å². The first-order valence-electron chi connectivity index (χ1n) is 4.34. The van der Waals surface area contributed by atoms with Crippen LogP contribution in [0.4, 0.5) is 0 Å². The molecule has 0 aliphatic rings. The van der Waals surface area contributed by atoms with E-state index in [-0.39, 0.29) is 6.10 Å². The molecular weight excluding hydrogens is 124 g/mol. The second kappa shape index (κ2) is 5.72. The van der Waals surface area contributed by atoms with E-state index >= 15 is 0 Å². The molecule has 0 aromatic carbocycles. The van der Waals surface area contributed by atoms with Crippen molar-refractivity contribution in [2.24, 2.45) is 5.92 Å². The molecule has 0 heterocycles. The molecule has 1 N–H and O–H groups in total. The van der Waals surface area contributed by atoms with Gasteiger partial charge in [0.1, 0.15) is 0 Å². The minimum Gasteiger partial charge on any atom is -0.393 e. The molecule has 0 saturated carbocycles. The average Bonchev–Trinajstić information content (AvgIpc) is 1.85. The van der Waals surface area contributed by atoms with Gasteiger partial charge in [-0.2, -0.15) is 0 Å². The zero-order valence-electron chi connectivity index (χ0n) is 7.43. The lowest BCUT2D eigenvalue weighted by molar-refractivity contribution is 0.173. The standard InChI is InChI=1S/C9H20O/c1-4-5-8(2)6-7-9(3)10/h8-10H,4-7H2,1-3H3. The molecule has 0 fully saturated rings. The van der Waals surface area contributed by atoms with Gasteiger partial charge in [-0.15, -0.1) is 0 Å². The van der Waals surface area contributed by atoms with Gasteiger partial charge in [0.15, 0.2) is 0 Å². The summed E-state index contributed by atoms with van der Waals surface area (Å²) in [6.45, 7) is 6.32. The first-order chi connectivity index (χ1) is 4.66. The Hall–Kier alpha value is -0.0400. The molecule has 0 aliphatic carbocycles. The van der Waals surface area contributed by atoms with Crippen LogP contribution in [0.1, 0.15) is 46.5 Å². The molecule has 0 saturated heterocycles. The minimum absolute atomic E-state index is 0.112. The van der Waals surface area contributed by atoms with Gasteiger partial charge >= 0.3 is 0 Å². The third-order valence-corrected chi connectivity index (χ3v) is 1.86. The Labute approximate surface area is 64.5 Å². The highest BCUT2D eigenvalue weighted by Gasteiger charge is 2.02. The van der Waals surface area contributed by atoms with Crippen LogP contribution < -0.4 is 0 Å². The molecule has 1 heteroatoms. The molecule has 0 aliphatic heterocycles. The zero-order valence-corrected chi connectivity index (χ0v) is 7.43. The van der Waals surface area contributed by atoms with Gasteiger partial charge in [-0.1, -0.05) is 26.7 Å². The Kier molecular flexibility index (Phi) is 5.70. The molecule has 0 aromatic heterocycles. The lowest BCUT2D eigenvalue weighted by Gasteiger charge is -2.10. The summed E-state index contributed by atoms with van der Waals surface area (Å²) in [5.41, 5.74) is 0. The van der Waals surface area contributed by atoms with Gasteiger partial charge in [0.05, 0.1) is 6.10 Å². The third kappa shape index (κ3) is 6.09. The highest BCUT2D eigenvalue weighted by atomic mass is 16.3. The Bertz CT molecular complexity index is 69.1. The molecule has 0 bridgehead atoms. The van der Waals surface area contributed by atoms with Crippen LogP contribution in [-0.2, 0) is 0 Å². The molecule has 0 aromatic rings. The van der Waals surface area contributed by atoms with Crippen molar-refractivity contribution in [3.63, 3.8) is 0 Å². The summed E-state index contributed by atoms with van der Waals surface area (Å²) in [5, 5.41) is 8.97. The van der Waals surface area contributed by atoms with Crippen molar-refractivity contribution in [2.45, 2.75) is 52.6 Å². The van der Waals surface area contributed by atoms with E-state index in [4.69, 9.17) is 5.11 Å². The number of aliphatic hydroxyl groups excluding tert-OH is 1. The van der Waals surface area contributed by atoms with E-state index in [1.165, 1.54) is 19.3 Å². The van der Waals surface area contributed by atoms with E-state index in [9.17, 15) is 0 Å². The predicted octanol–water partition coefficient (Wildman–Crippen LogP) is 2.58. The first-order valence-corrected chi connectivity index (χ1v) is 4.34. The van der Waals surface area contributed by atoms with E-state index in [0.717, 1.165) is 12.3 Å². The molecule has 0 radical (unpaired) electrons. The molecule has 1 nitrogen and oxygen atoms in total. The maximum absolute atomic E-state index is 8.97. The largest absolute Gasteiger partial charge is 0.393 e. The fourth-order valence-electron chi connectivity index (χ4n) is 1.16. The third-order valence-electron chi connectivity index (χ3n) is 1.86. The Balaban J connectivity index is 3.12. The molecule has 0 amide bonds. The predicted molar refractivity (Wildman–Crippen MR) is 45.0 cm³/mol. The van der Waals surface area contributed by atoms with Crippen molar-refractivity contribution in [3.8, 4) is 0 Å². The fourth-order valence-corrected chi connectivity index (χ4v) is 1.16. The van der Waals surface area contributed by atoms with Crippen molar-refractivity contribution in [1.82, 2.24) is 0 Å². The molecular formula is C9H20O. The van der Waals surface area contributed by atoms with Crippen LogP contribution in [0.5, 0.6) is 0 Å². The van der Waals surface area contributed by atoms with Gasteiger partial charge in [-0.25, -0.2) is 0 Å². The second-order valence-corrected chi connectivity index (χ2v) is 3.32. The van der Waals surface area contributed by atoms with Gasteiger partial charge in [0, 0.05) is 0 Å². The lowest BCUT2D eigenvalue weighted by atomic mass is 9.99. The van der Waals surface area contributed by atoms with Crippen molar-refractivity contribution < 1.29 is 5.11 Å². The van der Waals surface area contributed by atoms with E-state index in [1.807, 2.05) is 6.92 Å². The highest BCUT2D eigenvalue weighted by molar-refractivity contribution is 4.55. The summed E-state index contributed by atoms with van der Waals surface area (Å²) in [5.74, 6) is 0.791. The van der Waals surface area contributed by atoms with Crippen LogP contribution in [0.15, 0.2) is 0 Å². The summed E-state index contributed by atoms with van der Waals surface area (Å²) < 4.78 is 0. The highest BCUT2D eigenvalue weighted by Crippen LogP contribution is 2.13. The fraction of sp³-hybridized carbons (Fsp3) is 1.00. The molecule has 62 valence electrons. The first kappa shape index (κ1) is 9.96. The zero-order chi connectivity index (χ0) is 7.98. The van der Waals surface area contributed by atoms with Crippen molar-refractivity contribution >= 4 is 0 Å².